The Bertz CT molecular complexity index is 1760. The molecule has 4 aromatic carbocycles. The van der Waals surface area contributed by atoms with Gasteiger partial charge in [0, 0.05) is 22.9 Å². The Morgan fingerprint density at radius 3 is 1.89 bits per heavy atom. The second-order valence-corrected chi connectivity index (χ2v) is 9.68. The van der Waals surface area contributed by atoms with E-state index in [1.807, 2.05) is 37.4 Å². The number of rotatable bonds is 3. The summed E-state index contributed by atoms with van der Waals surface area (Å²) in [5.41, 5.74) is 10.5. The number of halogens is 1. The average Bonchev–Trinajstić information content (AvgIpc) is 3.24. The molecule has 0 radical (unpaired) electrons. The van der Waals surface area contributed by atoms with Crippen molar-refractivity contribution in [3.8, 4) is 33.5 Å². The van der Waals surface area contributed by atoms with Crippen molar-refractivity contribution in [3.63, 3.8) is 0 Å². The number of benzene rings is 4. The molecule has 3 heteroatoms. The van der Waals surface area contributed by atoms with Crippen LogP contribution in [0.5, 0.6) is 0 Å². The second-order valence-electron chi connectivity index (χ2n) is 9.68. The van der Waals surface area contributed by atoms with E-state index in [1.54, 1.807) is 6.07 Å². The van der Waals surface area contributed by atoms with Crippen LogP contribution in [0.15, 0.2) is 95.5 Å². The molecule has 0 spiro atoms. The van der Waals surface area contributed by atoms with Gasteiger partial charge >= 0.3 is 0 Å². The number of aromatic nitrogens is 1. The molecule has 0 amide bonds. The Balaban J connectivity index is 1.56. The fraction of sp³-hybridized carbons (Fsp3) is 0.121. The van der Waals surface area contributed by atoms with Gasteiger partial charge in [0.2, 0.25) is 5.69 Å². The maximum Gasteiger partial charge on any atom is 0.216 e. The number of hydrogen-bond donors (Lipinski definition) is 0. The molecule has 0 saturated heterocycles. The van der Waals surface area contributed by atoms with Gasteiger partial charge in [-0.2, -0.15) is 0 Å². The van der Waals surface area contributed by atoms with Crippen LogP contribution < -0.4 is 4.57 Å². The SMILES string of the molecule is Cc1ccc(-c2ccc(-c3c(F)ccc4c3oc3c(-c5cc(C)cc[n+]5C)c(C)ccc34)cc2)cc1. The van der Waals surface area contributed by atoms with Crippen molar-refractivity contribution in [1.29, 1.82) is 0 Å². The van der Waals surface area contributed by atoms with E-state index < -0.39 is 0 Å². The minimum atomic E-state index is -0.288. The molecule has 2 heterocycles. The Labute approximate surface area is 210 Å². The number of aryl methyl sites for hydroxylation is 4. The van der Waals surface area contributed by atoms with Gasteiger partial charge in [0.25, 0.3) is 0 Å². The third-order valence-corrected chi connectivity index (χ3v) is 7.09. The standard InChI is InChI=1S/C33H27FNO/c1-20-5-8-23(9-6-20)24-10-12-25(13-11-24)31-28(34)16-15-27-26-14-7-22(3)30(32(26)36-33(27)31)29-19-21(2)17-18-35(29)4/h5-19H,1-4H3/q+1. The third kappa shape index (κ3) is 3.59. The molecule has 2 aromatic heterocycles. The number of furan rings is 1. The Morgan fingerprint density at radius 2 is 1.19 bits per heavy atom. The van der Waals surface area contributed by atoms with Gasteiger partial charge in [0.05, 0.1) is 11.1 Å². The van der Waals surface area contributed by atoms with Crippen LogP contribution in [-0.2, 0) is 7.05 Å². The first-order chi connectivity index (χ1) is 17.4. The van der Waals surface area contributed by atoms with Crippen LogP contribution in [0.2, 0.25) is 0 Å². The Kier molecular flexibility index (Phi) is 5.22. The van der Waals surface area contributed by atoms with E-state index in [0.717, 1.165) is 49.9 Å². The molecule has 176 valence electrons. The van der Waals surface area contributed by atoms with Crippen LogP contribution in [0.25, 0.3) is 55.4 Å². The van der Waals surface area contributed by atoms with Crippen LogP contribution >= 0.6 is 0 Å². The van der Waals surface area contributed by atoms with E-state index in [2.05, 4.69) is 80.1 Å². The number of nitrogens with zero attached hydrogens (tertiary/aromatic N) is 1. The van der Waals surface area contributed by atoms with Crippen LogP contribution in [-0.4, -0.2) is 0 Å². The topological polar surface area (TPSA) is 17.0 Å². The van der Waals surface area contributed by atoms with Gasteiger partial charge in [0.1, 0.15) is 24.0 Å². The Morgan fingerprint density at radius 1 is 0.611 bits per heavy atom. The van der Waals surface area contributed by atoms with Crippen molar-refractivity contribution < 1.29 is 13.4 Å². The molecule has 0 atom stereocenters. The number of fused-ring (bicyclic) bond motifs is 3. The maximum absolute atomic E-state index is 15.4. The largest absolute Gasteiger partial charge is 0.454 e. The summed E-state index contributed by atoms with van der Waals surface area (Å²) in [5.74, 6) is -0.288. The zero-order chi connectivity index (χ0) is 25.0. The van der Waals surface area contributed by atoms with Crippen LogP contribution in [0.4, 0.5) is 4.39 Å². The van der Waals surface area contributed by atoms with E-state index in [-0.39, 0.29) is 5.82 Å². The van der Waals surface area contributed by atoms with Crippen molar-refractivity contribution in [3.05, 3.63) is 114 Å². The molecule has 0 saturated carbocycles. The number of hydrogen-bond acceptors (Lipinski definition) is 1. The first-order valence-electron chi connectivity index (χ1n) is 12.2. The van der Waals surface area contributed by atoms with E-state index in [9.17, 15) is 0 Å². The van der Waals surface area contributed by atoms with E-state index in [1.165, 1.54) is 11.1 Å². The molecular formula is C33H27FNO+. The smallest absolute Gasteiger partial charge is 0.216 e. The Hall–Kier alpha value is -4.24. The molecular weight excluding hydrogens is 445 g/mol. The molecule has 0 fully saturated rings. The molecule has 0 aliphatic rings. The summed E-state index contributed by atoms with van der Waals surface area (Å²) in [4.78, 5) is 0. The first-order valence-corrected chi connectivity index (χ1v) is 12.2. The summed E-state index contributed by atoms with van der Waals surface area (Å²) in [5, 5.41) is 1.91. The van der Waals surface area contributed by atoms with Gasteiger partial charge < -0.3 is 4.42 Å². The quantitative estimate of drug-likeness (QED) is 0.236. The lowest BCUT2D eigenvalue weighted by atomic mass is 9.97. The summed E-state index contributed by atoms with van der Waals surface area (Å²) in [6.07, 6.45) is 2.06. The predicted molar refractivity (Wildman–Crippen MR) is 145 cm³/mol. The second kappa shape index (κ2) is 8.46. The highest BCUT2D eigenvalue weighted by atomic mass is 19.1. The molecule has 0 aliphatic heterocycles. The van der Waals surface area contributed by atoms with Crippen molar-refractivity contribution in [1.82, 2.24) is 0 Å². The lowest BCUT2D eigenvalue weighted by Crippen LogP contribution is -2.30. The molecule has 0 unspecified atom stereocenters. The van der Waals surface area contributed by atoms with Gasteiger partial charge in [-0.1, -0.05) is 66.2 Å². The van der Waals surface area contributed by atoms with Gasteiger partial charge in [-0.3, -0.25) is 0 Å². The van der Waals surface area contributed by atoms with Crippen molar-refractivity contribution in [2.45, 2.75) is 20.8 Å². The highest BCUT2D eigenvalue weighted by Crippen LogP contribution is 2.41. The van der Waals surface area contributed by atoms with Crippen molar-refractivity contribution in [2.75, 3.05) is 0 Å². The third-order valence-electron chi connectivity index (χ3n) is 7.09. The van der Waals surface area contributed by atoms with Gasteiger partial charge in [-0.25, -0.2) is 8.96 Å². The fourth-order valence-corrected chi connectivity index (χ4v) is 5.06. The van der Waals surface area contributed by atoms with Crippen LogP contribution in [0.3, 0.4) is 0 Å². The molecule has 36 heavy (non-hydrogen) atoms. The van der Waals surface area contributed by atoms with Crippen molar-refractivity contribution >= 4 is 21.9 Å². The highest BCUT2D eigenvalue weighted by Gasteiger charge is 2.23. The van der Waals surface area contributed by atoms with Gasteiger partial charge in [-0.15, -0.1) is 0 Å². The zero-order valence-corrected chi connectivity index (χ0v) is 20.9. The summed E-state index contributed by atoms with van der Waals surface area (Å²) in [6, 6.07) is 28.3. The first kappa shape index (κ1) is 22.2. The molecule has 6 aromatic rings. The van der Waals surface area contributed by atoms with Gasteiger partial charge in [0.15, 0.2) is 6.20 Å². The number of pyridine rings is 1. The molecule has 0 aliphatic carbocycles. The van der Waals surface area contributed by atoms with Crippen LogP contribution in [0.1, 0.15) is 16.7 Å². The summed E-state index contributed by atoms with van der Waals surface area (Å²) < 4.78 is 24.0. The molecule has 6 rings (SSSR count). The van der Waals surface area contributed by atoms with Gasteiger partial charge in [-0.05, 0) is 60.7 Å². The zero-order valence-electron chi connectivity index (χ0n) is 20.9. The fourth-order valence-electron chi connectivity index (χ4n) is 5.06. The predicted octanol–water partition coefficient (Wildman–Crippen LogP) is 8.48. The molecule has 0 bridgehead atoms. The normalized spacial score (nSPS) is 11.5. The minimum absolute atomic E-state index is 0.288. The molecule has 2 nitrogen and oxygen atoms in total. The van der Waals surface area contributed by atoms with E-state index >= 15 is 4.39 Å². The lowest BCUT2D eigenvalue weighted by Gasteiger charge is -2.07. The van der Waals surface area contributed by atoms with Crippen LogP contribution in [0, 0.1) is 26.6 Å². The maximum atomic E-state index is 15.4. The summed E-state index contributed by atoms with van der Waals surface area (Å²) in [7, 11) is 2.04. The molecule has 0 N–H and O–H groups in total. The highest BCUT2D eigenvalue weighted by molar-refractivity contribution is 6.13. The van der Waals surface area contributed by atoms with E-state index in [0.29, 0.717) is 11.1 Å². The lowest BCUT2D eigenvalue weighted by molar-refractivity contribution is -0.660. The minimum Gasteiger partial charge on any atom is -0.454 e. The van der Waals surface area contributed by atoms with Crippen molar-refractivity contribution in [2.24, 2.45) is 7.05 Å². The summed E-state index contributed by atoms with van der Waals surface area (Å²) in [6.45, 7) is 6.26. The summed E-state index contributed by atoms with van der Waals surface area (Å²) >= 11 is 0. The average molecular weight is 473 g/mol. The van der Waals surface area contributed by atoms with E-state index in [4.69, 9.17) is 4.42 Å². The monoisotopic (exact) mass is 472 g/mol.